The van der Waals surface area contributed by atoms with E-state index in [0.29, 0.717) is 16.7 Å². The smallest absolute Gasteiger partial charge is 0.198 e. The zero-order valence-corrected chi connectivity index (χ0v) is 11.3. The van der Waals surface area contributed by atoms with Gasteiger partial charge in [0.05, 0.1) is 6.07 Å². The topological polar surface area (TPSA) is 23.8 Å². The van der Waals surface area contributed by atoms with Gasteiger partial charge in [-0.1, -0.05) is 52.6 Å². The Balaban J connectivity index is 2.55. The number of halogens is 3. The van der Waals surface area contributed by atoms with E-state index in [0.717, 1.165) is 0 Å². The van der Waals surface area contributed by atoms with Crippen LogP contribution in [0.25, 0.3) is 0 Å². The van der Waals surface area contributed by atoms with Gasteiger partial charge in [0.2, 0.25) is 0 Å². The molecule has 1 aromatic rings. The van der Waals surface area contributed by atoms with Gasteiger partial charge in [0.1, 0.15) is 0 Å². The summed E-state index contributed by atoms with van der Waals surface area (Å²) in [5.74, 6) is 0. The maximum atomic E-state index is 13.5. The second kappa shape index (κ2) is 6.40. The van der Waals surface area contributed by atoms with Crippen LogP contribution in [0.15, 0.2) is 35.2 Å². The van der Waals surface area contributed by atoms with Gasteiger partial charge in [-0.3, -0.25) is 0 Å². The highest BCUT2D eigenvalue weighted by atomic mass is 127. The van der Waals surface area contributed by atoms with E-state index in [1.807, 2.05) is 28.7 Å². The van der Waals surface area contributed by atoms with Crippen LogP contribution in [0.3, 0.4) is 0 Å². The molecule has 1 unspecified atom stereocenters. The number of rotatable bonds is 5. The first-order chi connectivity index (χ1) is 7.53. The van der Waals surface area contributed by atoms with E-state index in [4.69, 9.17) is 5.26 Å². The zero-order valence-electron chi connectivity index (χ0n) is 8.37. The minimum atomic E-state index is -2.82. The predicted molar refractivity (Wildman–Crippen MR) is 69.9 cm³/mol. The first-order valence-corrected chi connectivity index (χ1v) is 6.72. The molecule has 1 rings (SSSR count). The molecule has 0 spiro atoms. The van der Waals surface area contributed by atoms with E-state index in [1.54, 1.807) is 30.3 Å². The highest BCUT2D eigenvalue weighted by Gasteiger charge is 2.32. The summed E-state index contributed by atoms with van der Waals surface area (Å²) in [6.07, 6.45) is -0.119. The average Bonchev–Trinajstić information content (AvgIpc) is 2.17. The fraction of sp³-hybridized carbons (Fsp3) is 0.364. The highest BCUT2D eigenvalue weighted by Crippen LogP contribution is 2.40. The molecule has 0 aromatic heterocycles. The molecular weight excluding hydrogens is 343 g/mol. The summed E-state index contributed by atoms with van der Waals surface area (Å²) in [6, 6.07) is 10.5. The lowest BCUT2D eigenvalue weighted by atomic mass is 10.2. The number of thioether (sulfide) groups is 1. The molecule has 86 valence electrons. The van der Waals surface area contributed by atoms with Crippen molar-refractivity contribution in [3.63, 3.8) is 0 Å². The van der Waals surface area contributed by atoms with Crippen LogP contribution in [0.2, 0.25) is 0 Å². The predicted octanol–water partition coefficient (Wildman–Crippen LogP) is 4.48. The lowest BCUT2D eigenvalue weighted by Crippen LogP contribution is -2.16. The zero-order chi connectivity index (χ0) is 12.0. The fourth-order valence-electron chi connectivity index (χ4n) is 1.13. The Bertz CT molecular complexity index is 364. The summed E-state index contributed by atoms with van der Waals surface area (Å²) in [6.45, 7) is 0. The summed E-state index contributed by atoms with van der Waals surface area (Å²) in [5.41, 5.74) is 0. The number of alkyl halides is 3. The number of hydrogen-bond donors (Lipinski definition) is 0. The Kier molecular flexibility index (Phi) is 5.49. The largest absolute Gasteiger partial charge is 0.299 e. The fourth-order valence-corrected chi connectivity index (χ4v) is 3.10. The molecule has 1 aromatic carbocycles. The minimum Gasteiger partial charge on any atom is -0.198 e. The van der Waals surface area contributed by atoms with Gasteiger partial charge in [-0.05, 0) is 12.1 Å². The molecule has 5 heteroatoms. The van der Waals surface area contributed by atoms with Gasteiger partial charge >= 0.3 is 0 Å². The van der Waals surface area contributed by atoms with Crippen LogP contribution < -0.4 is 0 Å². The van der Waals surface area contributed by atoms with E-state index in [-0.39, 0.29) is 16.8 Å². The van der Waals surface area contributed by atoms with E-state index in [1.165, 1.54) is 0 Å². The van der Waals surface area contributed by atoms with Crippen LogP contribution in [0.1, 0.15) is 12.8 Å². The molecule has 0 heterocycles. The van der Waals surface area contributed by atoms with Crippen molar-refractivity contribution in [1.82, 2.24) is 0 Å². The number of hydrogen-bond acceptors (Lipinski definition) is 2. The van der Waals surface area contributed by atoms with Crippen LogP contribution in [-0.2, 0) is 0 Å². The molecule has 0 aliphatic rings. The normalized spacial score (nSPS) is 13.1. The molecule has 1 atom stereocenters. The minimum absolute atomic E-state index is 0.158. The molecule has 0 aliphatic carbocycles. The third kappa shape index (κ3) is 5.12. The summed E-state index contributed by atoms with van der Waals surface area (Å²) in [4.78, 5) is 0.549. The molecule has 0 N–H and O–H groups in total. The van der Waals surface area contributed by atoms with E-state index in [9.17, 15) is 8.78 Å². The molecule has 0 fully saturated rings. The van der Waals surface area contributed by atoms with E-state index < -0.39 is 5.25 Å². The van der Waals surface area contributed by atoms with Gasteiger partial charge in [-0.15, -0.1) is 0 Å². The Morgan fingerprint density at radius 1 is 1.38 bits per heavy atom. The van der Waals surface area contributed by atoms with Crippen LogP contribution in [-0.4, -0.2) is 9.18 Å². The number of benzene rings is 1. The van der Waals surface area contributed by atoms with Crippen molar-refractivity contribution in [2.45, 2.75) is 26.9 Å². The monoisotopic (exact) mass is 353 g/mol. The van der Waals surface area contributed by atoms with Crippen molar-refractivity contribution in [1.29, 1.82) is 5.26 Å². The highest BCUT2D eigenvalue weighted by molar-refractivity contribution is 14.1. The number of nitrogens with zero attached hydrogens (tertiary/aromatic N) is 1. The Morgan fingerprint density at radius 3 is 2.56 bits per heavy atom. The van der Waals surface area contributed by atoms with Crippen molar-refractivity contribution in [3.8, 4) is 6.07 Å². The first kappa shape index (κ1) is 13.7. The molecular formula is C11H10F2INS. The van der Waals surface area contributed by atoms with E-state index in [2.05, 4.69) is 0 Å². The molecule has 0 radical (unpaired) electrons. The van der Waals surface area contributed by atoms with Gasteiger partial charge < -0.3 is 0 Å². The SMILES string of the molecule is N#CCC(I)CC(F)(F)Sc1ccccc1. The second-order valence-corrected chi connectivity index (χ2v) is 6.25. The average molecular weight is 353 g/mol. The third-order valence-corrected chi connectivity index (χ3v) is 3.64. The Hall–Kier alpha value is -0.350. The summed E-state index contributed by atoms with van der Waals surface area (Å²) in [5, 5.41) is 5.60. The third-order valence-electron chi connectivity index (χ3n) is 1.78. The van der Waals surface area contributed by atoms with Gasteiger partial charge in [0.15, 0.2) is 0 Å². The van der Waals surface area contributed by atoms with Gasteiger partial charge in [-0.2, -0.15) is 14.0 Å². The standard InChI is InChI=1S/C11H10F2INS/c12-11(13,8-9(14)6-7-15)16-10-4-2-1-3-5-10/h1-5,9H,6,8H2. The quantitative estimate of drug-likeness (QED) is 0.443. The lowest BCUT2D eigenvalue weighted by molar-refractivity contribution is 0.0968. The number of nitriles is 1. The van der Waals surface area contributed by atoms with E-state index >= 15 is 0 Å². The molecule has 0 saturated heterocycles. The lowest BCUT2D eigenvalue weighted by Gasteiger charge is -2.17. The summed E-state index contributed by atoms with van der Waals surface area (Å²) < 4.78 is 26.8. The molecule has 0 aliphatic heterocycles. The molecule has 1 nitrogen and oxygen atoms in total. The molecule has 0 amide bonds. The maximum absolute atomic E-state index is 13.5. The maximum Gasteiger partial charge on any atom is 0.299 e. The van der Waals surface area contributed by atoms with Crippen LogP contribution in [0.4, 0.5) is 8.78 Å². The van der Waals surface area contributed by atoms with Gasteiger partial charge in [0, 0.05) is 21.7 Å². The second-order valence-electron chi connectivity index (χ2n) is 3.22. The van der Waals surface area contributed by atoms with Crippen LogP contribution in [0.5, 0.6) is 0 Å². The van der Waals surface area contributed by atoms with Crippen molar-refractivity contribution in [2.75, 3.05) is 0 Å². The van der Waals surface area contributed by atoms with Gasteiger partial charge in [0.25, 0.3) is 5.25 Å². The Morgan fingerprint density at radius 2 is 2.00 bits per heavy atom. The molecule has 0 bridgehead atoms. The van der Waals surface area contributed by atoms with Crippen molar-refractivity contribution in [3.05, 3.63) is 30.3 Å². The van der Waals surface area contributed by atoms with Crippen LogP contribution in [0, 0.1) is 11.3 Å². The summed E-state index contributed by atoms with van der Waals surface area (Å²) >= 11 is 2.45. The van der Waals surface area contributed by atoms with Crippen molar-refractivity contribution >= 4 is 34.4 Å². The first-order valence-electron chi connectivity index (χ1n) is 4.66. The van der Waals surface area contributed by atoms with Gasteiger partial charge in [-0.25, -0.2) is 0 Å². The Labute approximate surface area is 111 Å². The van der Waals surface area contributed by atoms with Crippen LogP contribution >= 0.6 is 34.4 Å². The van der Waals surface area contributed by atoms with Crippen molar-refractivity contribution in [2.24, 2.45) is 0 Å². The summed E-state index contributed by atoms with van der Waals surface area (Å²) in [7, 11) is 0. The molecule has 16 heavy (non-hydrogen) atoms. The van der Waals surface area contributed by atoms with Crippen molar-refractivity contribution < 1.29 is 8.78 Å². The molecule has 0 saturated carbocycles.